The standard InChI is InChI=1S/C31H28ClN7O2/c1-18-5-9-23(10-6-18)39-31-24-16-27(41-4)26(40-3)15-20(24)13-14-37(31)30(36-39)29-25-17-38(22-11-7-21(32)8-12-22)35-28(25)19(2)33-34-29/h5-12,15-17,31H,13-14H2,1-4H3. The lowest BCUT2D eigenvalue weighted by Gasteiger charge is -2.37. The average Bonchev–Trinajstić information content (AvgIpc) is 3.61. The van der Waals surface area contributed by atoms with Crippen molar-refractivity contribution < 1.29 is 9.47 Å². The lowest BCUT2D eigenvalue weighted by molar-refractivity contribution is 0.311. The van der Waals surface area contributed by atoms with Crippen molar-refractivity contribution in [3.8, 4) is 17.2 Å². The number of hydrogen-bond acceptors (Lipinski definition) is 8. The van der Waals surface area contributed by atoms with Gasteiger partial charge >= 0.3 is 0 Å². The van der Waals surface area contributed by atoms with Gasteiger partial charge in [-0.1, -0.05) is 29.3 Å². The number of ether oxygens (including phenoxy) is 2. The second kappa shape index (κ2) is 9.78. The Bertz CT molecular complexity index is 1820. The molecule has 1 unspecified atom stereocenters. The van der Waals surface area contributed by atoms with Crippen LogP contribution in [0, 0.1) is 13.8 Å². The van der Waals surface area contributed by atoms with Crippen molar-refractivity contribution in [3.63, 3.8) is 0 Å². The third-order valence-corrected chi connectivity index (χ3v) is 8.01. The molecule has 10 heteroatoms. The SMILES string of the molecule is COc1cc2c(cc1OC)C1N(CC2)C(c2nnc(C)c3nn(-c4ccc(Cl)cc4)cc23)=NN1c1ccc(C)cc1. The van der Waals surface area contributed by atoms with Gasteiger partial charge < -0.3 is 14.4 Å². The molecule has 0 fully saturated rings. The first-order valence-corrected chi connectivity index (χ1v) is 13.8. The van der Waals surface area contributed by atoms with Gasteiger partial charge in [0.15, 0.2) is 23.5 Å². The van der Waals surface area contributed by atoms with E-state index in [1.165, 1.54) is 11.1 Å². The summed E-state index contributed by atoms with van der Waals surface area (Å²) in [5, 5.41) is 22.9. The first-order valence-electron chi connectivity index (χ1n) is 13.4. The fourth-order valence-corrected chi connectivity index (χ4v) is 5.76. The minimum Gasteiger partial charge on any atom is -0.493 e. The molecule has 2 aliphatic rings. The molecule has 0 N–H and O–H groups in total. The molecule has 5 aromatic rings. The number of hydrogen-bond donors (Lipinski definition) is 0. The molecule has 0 saturated heterocycles. The van der Waals surface area contributed by atoms with E-state index in [0.29, 0.717) is 16.5 Å². The van der Waals surface area contributed by atoms with Gasteiger partial charge in [-0.15, -0.1) is 10.2 Å². The molecule has 0 saturated carbocycles. The van der Waals surface area contributed by atoms with E-state index < -0.39 is 0 Å². The van der Waals surface area contributed by atoms with Gasteiger partial charge in [-0.05, 0) is 74.4 Å². The van der Waals surface area contributed by atoms with Crippen molar-refractivity contribution in [3.05, 3.63) is 100.0 Å². The van der Waals surface area contributed by atoms with E-state index in [1.807, 2.05) is 42.1 Å². The summed E-state index contributed by atoms with van der Waals surface area (Å²) in [4.78, 5) is 2.30. The molecule has 9 nitrogen and oxygen atoms in total. The molecule has 2 aromatic heterocycles. The van der Waals surface area contributed by atoms with Crippen molar-refractivity contribution >= 4 is 34.0 Å². The third kappa shape index (κ3) is 4.15. The maximum absolute atomic E-state index is 6.13. The molecule has 0 amide bonds. The molecule has 0 bridgehead atoms. The van der Waals surface area contributed by atoms with E-state index in [9.17, 15) is 0 Å². The van der Waals surface area contributed by atoms with E-state index >= 15 is 0 Å². The number of aryl methyl sites for hydroxylation is 2. The maximum atomic E-state index is 6.13. The largest absolute Gasteiger partial charge is 0.493 e. The number of rotatable bonds is 5. The Morgan fingerprint density at radius 2 is 1.59 bits per heavy atom. The zero-order valence-electron chi connectivity index (χ0n) is 23.2. The predicted molar refractivity (Wildman–Crippen MR) is 159 cm³/mol. The molecule has 1 atom stereocenters. The van der Waals surface area contributed by atoms with Gasteiger partial charge in [-0.3, -0.25) is 0 Å². The number of methoxy groups -OCH3 is 2. The van der Waals surface area contributed by atoms with E-state index in [0.717, 1.165) is 58.1 Å². The van der Waals surface area contributed by atoms with Crippen LogP contribution < -0.4 is 14.5 Å². The van der Waals surface area contributed by atoms with Crippen LogP contribution in [0.4, 0.5) is 5.69 Å². The molecule has 2 aliphatic heterocycles. The molecule has 0 aliphatic carbocycles. The van der Waals surface area contributed by atoms with E-state index in [-0.39, 0.29) is 6.17 Å². The van der Waals surface area contributed by atoms with Gasteiger partial charge in [0.2, 0.25) is 0 Å². The number of fused-ring (bicyclic) bond motifs is 4. The summed E-state index contributed by atoms with van der Waals surface area (Å²) in [7, 11) is 3.33. The van der Waals surface area contributed by atoms with Crippen LogP contribution in [0.3, 0.4) is 0 Å². The summed E-state index contributed by atoms with van der Waals surface area (Å²) in [5.41, 5.74) is 7.60. The van der Waals surface area contributed by atoms with Gasteiger partial charge in [-0.2, -0.15) is 10.2 Å². The Morgan fingerprint density at radius 3 is 2.32 bits per heavy atom. The highest BCUT2D eigenvalue weighted by molar-refractivity contribution is 6.30. The van der Waals surface area contributed by atoms with Crippen LogP contribution in [0.5, 0.6) is 11.5 Å². The van der Waals surface area contributed by atoms with Crippen LogP contribution in [0.15, 0.2) is 72.0 Å². The second-order valence-electron chi connectivity index (χ2n) is 10.3. The molecule has 7 rings (SSSR count). The summed E-state index contributed by atoms with van der Waals surface area (Å²) in [6, 6.07) is 20.1. The Labute approximate surface area is 242 Å². The van der Waals surface area contributed by atoms with E-state index in [4.69, 9.17) is 36.4 Å². The monoisotopic (exact) mass is 565 g/mol. The summed E-state index contributed by atoms with van der Waals surface area (Å²) in [5.74, 6) is 2.16. The topological polar surface area (TPSA) is 80.9 Å². The smallest absolute Gasteiger partial charge is 0.179 e. The van der Waals surface area contributed by atoms with Crippen LogP contribution in [0.1, 0.15) is 34.2 Å². The Morgan fingerprint density at radius 1 is 0.878 bits per heavy atom. The van der Waals surface area contributed by atoms with Crippen LogP contribution >= 0.6 is 11.6 Å². The van der Waals surface area contributed by atoms with Crippen molar-refractivity contribution in [2.75, 3.05) is 25.8 Å². The van der Waals surface area contributed by atoms with Crippen molar-refractivity contribution in [1.29, 1.82) is 0 Å². The number of aromatic nitrogens is 4. The van der Waals surface area contributed by atoms with Crippen LogP contribution in [0.2, 0.25) is 5.02 Å². The zero-order valence-corrected chi connectivity index (χ0v) is 23.9. The Hall–Kier alpha value is -4.63. The highest BCUT2D eigenvalue weighted by Crippen LogP contribution is 2.45. The molecule has 41 heavy (non-hydrogen) atoms. The molecule has 4 heterocycles. The fraction of sp³-hybridized carbons (Fsp3) is 0.226. The van der Waals surface area contributed by atoms with Gasteiger partial charge in [0.05, 0.1) is 36.7 Å². The average molecular weight is 566 g/mol. The van der Waals surface area contributed by atoms with Gasteiger partial charge in [-0.25, -0.2) is 9.69 Å². The van der Waals surface area contributed by atoms with E-state index in [2.05, 4.69) is 58.3 Å². The lowest BCUT2D eigenvalue weighted by Crippen LogP contribution is -2.41. The molecule has 0 spiro atoms. The van der Waals surface area contributed by atoms with Crippen molar-refractivity contribution in [1.82, 2.24) is 24.9 Å². The Kier molecular flexibility index (Phi) is 6.04. The predicted octanol–water partition coefficient (Wildman–Crippen LogP) is 5.84. The third-order valence-electron chi connectivity index (χ3n) is 7.76. The molecule has 0 radical (unpaired) electrons. The maximum Gasteiger partial charge on any atom is 0.179 e. The number of amidine groups is 1. The van der Waals surface area contributed by atoms with Crippen molar-refractivity contribution in [2.45, 2.75) is 26.4 Å². The normalized spacial score (nSPS) is 16.0. The zero-order chi connectivity index (χ0) is 28.2. The molecular weight excluding hydrogens is 538 g/mol. The first-order chi connectivity index (χ1) is 19.9. The summed E-state index contributed by atoms with van der Waals surface area (Å²) in [6.45, 7) is 4.75. The highest BCUT2D eigenvalue weighted by atomic mass is 35.5. The molecule has 206 valence electrons. The number of anilines is 1. The van der Waals surface area contributed by atoms with Crippen LogP contribution in [-0.2, 0) is 6.42 Å². The van der Waals surface area contributed by atoms with Crippen molar-refractivity contribution in [2.24, 2.45) is 5.10 Å². The van der Waals surface area contributed by atoms with Gasteiger partial charge in [0, 0.05) is 23.3 Å². The van der Waals surface area contributed by atoms with Crippen LogP contribution in [-0.4, -0.2) is 51.5 Å². The van der Waals surface area contributed by atoms with E-state index in [1.54, 1.807) is 14.2 Å². The number of hydrazone groups is 1. The lowest BCUT2D eigenvalue weighted by atomic mass is 9.95. The second-order valence-corrected chi connectivity index (χ2v) is 10.7. The Balaban J connectivity index is 1.40. The quantitative estimate of drug-likeness (QED) is 0.265. The fourth-order valence-electron chi connectivity index (χ4n) is 5.64. The van der Waals surface area contributed by atoms with Crippen LogP contribution in [0.25, 0.3) is 16.6 Å². The number of nitrogens with zero attached hydrogens (tertiary/aromatic N) is 7. The number of halogens is 1. The first kappa shape index (κ1) is 25.3. The minimum atomic E-state index is -0.194. The summed E-state index contributed by atoms with van der Waals surface area (Å²) in [6.07, 6.45) is 2.62. The van der Waals surface area contributed by atoms with Gasteiger partial charge in [0.1, 0.15) is 11.2 Å². The van der Waals surface area contributed by atoms with Gasteiger partial charge in [0.25, 0.3) is 0 Å². The highest BCUT2D eigenvalue weighted by Gasteiger charge is 2.42. The summed E-state index contributed by atoms with van der Waals surface area (Å²) < 4.78 is 13.2. The molecule has 3 aromatic carbocycles. The molecular formula is C31H28ClN7O2. The minimum absolute atomic E-state index is 0.194. The number of benzene rings is 3. The summed E-state index contributed by atoms with van der Waals surface area (Å²) >= 11 is 6.13.